The Balaban J connectivity index is 0.000000238. The number of alkyl halides is 2. The van der Waals surface area contributed by atoms with Gasteiger partial charge in [-0.25, -0.2) is 8.78 Å². The van der Waals surface area contributed by atoms with E-state index < -0.39 is 24.6 Å². The standard InChI is InChI=1S/2C19H22FNO.CH4O.CH4/c2*20-17-11-12-18(19(17)22)21(13-15-7-3-1-4-8-15)14-16-9-5-2-6-10-16;1-2;/h2*1-10,17-19,22H,11-14H2;2H,1H3;1H4/t2*17-,18+,19+;;/m00../s1. The van der Waals surface area contributed by atoms with E-state index in [1.54, 1.807) is 0 Å². The molecule has 0 amide bonds. The lowest BCUT2D eigenvalue weighted by Gasteiger charge is -2.31. The summed E-state index contributed by atoms with van der Waals surface area (Å²) in [5.41, 5.74) is 4.75. The third-order valence-corrected chi connectivity index (χ3v) is 8.86. The minimum atomic E-state index is -1.10. The van der Waals surface area contributed by atoms with Crippen molar-refractivity contribution in [1.82, 2.24) is 9.80 Å². The molecular weight excluding hydrogens is 594 g/mol. The number of benzene rings is 4. The zero-order chi connectivity index (χ0) is 32.7. The van der Waals surface area contributed by atoms with Gasteiger partial charge in [-0.3, -0.25) is 9.80 Å². The van der Waals surface area contributed by atoms with E-state index in [2.05, 4.69) is 58.3 Å². The van der Waals surface area contributed by atoms with Crippen molar-refractivity contribution >= 4 is 0 Å². The summed E-state index contributed by atoms with van der Waals surface area (Å²) < 4.78 is 27.5. The Morgan fingerprint density at radius 1 is 0.468 bits per heavy atom. The molecule has 2 saturated carbocycles. The number of hydrogen-bond acceptors (Lipinski definition) is 5. The van der Waals surface area contributed by atoms with Gasteiger partial charge in [-0.15, -0.1) is 0 Å². The molecule has 254 valence electrons. The molecule has 2 aliphatic carbocycles. The van der Waals surface area contributed by atoms with Gasteiger partial charge in [-0.1, -0.05) is 129 Å². The Bertz CT molecular complexity index is 1180. The Kier molecular flexibility index (Phi) is 16.2. The van der Waals surface area contributed by atoms with E-state index in [4.69, 9.17) is 5.11 Å². The van der Waals surface area contributed by atoms with Crippen LogP contribution in [0.15, 0.2) is 121 Å². The quantitative estimate of drug-likeness (QED) is 0.168. The molecule has 0 radical (unpaired) electrons. The van der Waals surface area contributed by atoms with Crippen LogP contribution < -0.4 is 0 Å². The Morgan fingerprint density at radius 3 is 0.894 bits per heavy atom. The Labute approximate surface area is 280 Å². The van der Waals surface area contributed by atoms with Crippen molar-refractivity contribution in [2.24, 2.45) is 0 Å². The Morgan fingerprint density at radius 2 is 0.702 bits per heavy atom. The molecule has 4 aromatic rings. The van der Waals surface area contributed by atoms with Crippen LogP contribution >= 0.6 is 0 Å². The summed E-state index contributed by atoms with van der Waals surface area (Å²) >= 11 is 0. The van der Waals surface area contributed by atoms with Crippen LogP contribution in [0.2, 0.25) is 0 Å². The number of rotatable bonds is 10. The van der Waals surface area contributed by atoms with Crippen molar-refractivity contribution in [3.8, 4) is 0 Å². The number of halogens is 2. The third-order valence-electron chi connectivity index (χ3n) is 8.86. The first kappa shape index (κ1) is 38.0. The van der Waals surface area contributed by atoms with Crippen molar-refractivity contribution in [2.45, 2.75) is 95.9 Å². The molecule has 6 rings (SSSR count). The highest BCUT2D eigenvalue weighted by molar-refractivity contribution is 5.19. The number of hydrogen-bond donors (Lipinski definition) is 3. The molecule has 47 heavy (non-hydrogen) atoms. The maximum absolute atomic E-state index is 13.7. The fourth-order valence-corrected chi connectivity index (χ4v) is 6.47. The molecule has 0 aromatic heterocycles. The van der Waals surface area contributed by atoms with E-state index in [9.17, 15) is 19.0 Å². The van der Waals surface area contributed by atoms with Gasteiger partial charge in [0.05, 0.1) is 0 Å². The van der Waals surface area contributed by atoms with Crippen LogP contribution in [-0.2, 0) is 26.2 Å². The van der Waals surface area contributed by atoms with Crippen LogP contribution in [0.3, 0.4) is 0 Å². The van der Waals surface area contributed by atoms with Gasteiger partial charge < -0.3 is 15.3 Å². The van der Waals surface area contributed by atoms with E-state index in [0.717, 1.165) is 33.3 Å². The van der Waals surface area contributed by atoms with Gasteiger partial charge in [0, 0.05) is 45.4 Å². The fraction of sp³-hybridized carbons (Fsp3) is 0.400. The lowest BCUT2D eigenvalue weighted by Crippen LogP contribution is -2.41. The van der Waals surface area contributed by atoms with E-state index in [1.807, 2.05) is 72.8 Å². The van der Waals surface area contributed by atoms with E-state index in [1.165, 1.54) is 22.3 Å². The minimum Gasteiger partial charge on any atom is -0.400 e. The van der Waals surface area contributed by atoms with E-state index in [-0.39, 0.29) is 19.5 Å². The lowest BCUT2D eigenvalue weighted by atomic mass is 10.1. The summed E-state index contributed by atoms with van der Waals surface area (Å²) in [6.45, 7) is 2.91. The summed E-state index contributed by atoms with van der Waals surface area (Å²) in [5.74, 6) is 0. The Hall–Kier alpha value is -3.46. The number of nitrogens with zero attached hydrogens (tertiary/aromatic N) is 2. The number of aliphatic hydroxyl groups excluding tert-OH is 3. The molecule has 2 aliphatic rings. The van der Waals surface area contributed by atoms with Crippen LogP contribution in [0.25, 0.3) is 0 Å². The van der Waals surface area contributed by atoms with E-state index in [0.29, 0.717) is 25.7 Å². The average Bonchev–Trinajstić information content (AvgIpc) is 3.62. The van der Waals surface area contributed by atoms with Gasteiger partial charge >= 0.3 is 0 Å². The van der Waals surface area contributed by atoms with Crippen molar-refractivity contribution < 1.29 is 24.1 Å². The molecule has 0 unspecified atom stereocenters. The van der Waals surface area contributed by atoms with Crippen molar-refractivity contribution in [3.63, 3.8) is 0 Å². The maximum atomic E-state index is 13.7. The zero-order valence-electron chi connectivity index (χ0n) is 26.7. The summed E-state index contributed by atoms with van der Waals surface area (Å²) in [7, 11) is 1.00. The first-order valence-corrected chi connectivity index (χ1v) is 16.2. The summed E-state index contributed by atoms with van der Waals surface area (Å²) in [5, 5.41) is 27.3. The van der Waals surface area contributed by atoms with Crippen LogP contribution in [0, 0.1) is 0 Å². The lowest BCUT2D eigenvalue weighted by molar-refractivity contribution is 0.0259. The molecule has 6 atom stereocenters. The predicted octanol–water partition coefficient (Wildman–Crippen LogP) is 7.35. The molecule has 3 N–H and O–H groups in total. The van der Waals surface area contributed by atoms with Crippen LogP contribution in [-0.4, -0.2) is 68.9 Å². The van der Waals surface area contributed by atoms with Gasteiger partial charge in [0.25, 0.3) is 0 Å². The van der Waals surface area contributed by atoms with Gasteiger partial charge in [-0.05, 0) is 47.9 Å². The smallest absolute Gasteiger partial charge is 0.127 e. The molecule has 0 bridgehead atoms. The van der Waals surface area contributed by atoms with Gasteiger partial charge in [0.2, 0.25) is 0 Å². The maximum Gasteiger partial charge on any atom is 0.127 e. The summed E-state index contributed by atoms with van der Waals surface area (Å²) in [6.07, 6.45) is -1.64. The highest BCUT2D eigenvalue weighted by atomic mass is 19.1. The number of aliphatic hydroxyl groups is 3. The highest BCUT2D eigenvalue weighted by Crippen LogP contribution is 2.30. The first-order valence-electron chi connectivity index (χ1n) is 16.2. The monoisotopic (exact) mass is 646 g/mol. The molecule has 5 nitrogen and oxygen atoms in total. The van der Waals surface area contributed by atoms with Crippen LogP contribution in [0.1, 0.15) is 55.4 Å². The second kappa shape index (κ2) is 20.0. The van der Waals surface area contributed by atoms with Crippen molar-refractivity contribution in [2.75, 3.05) is 7.11 Å². The normalized spacial score (nSPS) is 23.3. The average molecular weight is 647 g/mol. The molecule has 0 saturated heterocycles. The SMILES string of the molecule is C.CO.O[C@H]1[C@H](N(Cc2ccccc2)Cc2ccccc2)CC[C@@H]1F.O[C@H]1[C@H](N(Cc2ccccc2)Cc2ccccc2)CC[C@@H]1F. The molecular formula is C40H52F2N2O3. The molecule has 2 fully saturated rings. The summed E-state index contributed by atoms with van der Waals surface area (Å²) in [4.78, 5) is 4.41. The summed E-state index contributed by atoms with van der Waals surface area (Å²) in [6, 6.07) is 40.5. The second-order valence-corrected chi connectivity index (χ2v) is 12.1. The minimum absolute atomic E-state index is 0. The first-order chi connectivity index (χ1) is 22.5. The fourth-order valence-electron chi connectivity index (χ4n) is 6.47. The van der Waals surface area contributed by atoms with E-state index >= 15 is 0 Å². The van der Waals surface area contributed by atoms with Crippen LogP contribution in [0.4, 0.5) is 8.78 Å². The predicted molar refractivity (Wildman–Crippen MR) is 187 cm³/mol. The zero-order valence-corrected chi connectivity index (χ0v) is 26.7. The third kappa shape index (κ3) is 11.3. The van der Waals surface area contributed by atoms with Crippen LogP contribution in [0.5, 0.6) is 0 Å². The molecule has 7 heteroatoms. The van der Waals surface area contributed by atoms with Crippen molar-refractivity contribution in [3.05, 3.63) is 144 Å². The van der Waals surface area contributed by atoms with Gasteiger partial charge in [0.1, 0.15) is 24.6 Å². The molecule has 0 spiro atoms. The topological polar surface area (TPSA) is 67.2 Å². The largest absolute Gasteiger partial charge is 0.400 e. The molecule has 0 aliphatic heterocycles. The molecule has 0 heterocycles. The second-order valence-electron chi connectivity index (χ2n) is 12.1. The van der Waals surface area contributed by atoms with Crippen molar-refractivity contribution in [1.29, 1.82) is 0 Å². The molecule has 4 aromatic carbocycles. The highest BCUT2D eigenvalue weighted by Gasteiger charge is 2.39. The van der Waals surface area contributed by atoms with Gasteiger partial charge in [-0.2, -0.15) is 0 Å². The van der Waals surface area contributed by atoms with Gasteiger partial charge in [0.15, 0.2) is 0 Å².